The molecule has 0 saturated heterocycles. The van der Waals surface area contributed by atoms with Crippen LogP contribution in [0.1, 0.15) is 31.5 Å². The standard InChI is InChI=1S/C13H16N4O2/c18-12-10-11(16-13(19)17-12)15-9(14-10)5-8-4-6-1-2-7(8)3-6/h6-8H,1-5H2,(H3,14,15,16,17,18,19). The van der Waals surface area contributed by atoms with Crippen LogP contribution in [0.15, 0.2) is 9.59 Å². The number of H-pyrrole nitrogens is 3. The second-order valence-electron chi connectivity index (χ2n) is 5.95. The molecule has 2 aromatic heterocycles. The SMILES string of the molecule is O=c1[nH]c(=O)c2[nH]c(CC3CC4CCC3C4)nc2[nH]1. The van der Waals surface area contributed by atoms with E-state index in [0.717, 1.165) is 24.1 Å². The summed E-state index contributed by atoms with van der Waals surface area (Å²) in [6.07, 6.45) is 6.26. The maximum atomic E-state index is 11.6. The minimum atomic E-state index is -0.504. The van der Waals surface area contributed by atoms with Crippen molar-refractivity contribution >= 4 is 11.2 Å². The molecule has 6 nitrogen and oxygen atoms in total. The molecule has 0 spiro atoms. The fourth-order valence-electron chi connectivity index (χ4n) is 3.95. The fourth-order valence-corrected chi connectivity index (χ4v) is 3.95. The molecule has 4 rings (SSSR count). The van der Waals surface area contributed by atoms with Gasteiger partial charge in [-0.1, -0.05) is 6.42 Å². The summed E-state index contributed by atoms with van der Waals surface area (Å²) in [6, 6.07) is 0. The van der Waals surface area contributed by atoms with Gasteiger partial charge in [0.25, 0.3) is 5.56 Å². The van der Waals surface area contributed by atoms with Gasteiger partial charge < -0.3 is 4.98 Å². The van der Waals surface area contributed by atoms with Gasteiger partial charge in [0.15, 0.2) is 5.65 Å². The van der Waals surface area contributed by atoms with Gasteiger partial charge >= 0.3 is 5.69 Å². The Morgan fingerprint density at radius 1 is 1.11 bits per heavy atom. The number of rotatable bonds is 2. The maximum absolute atomic E-state index is 11.6. The zero-order valence-electron chi connectivity index (χ0n) is 10.5. The molecule has 0 amide bonds. The summed E-state index contributed by atoms with van der Waals surface area (Å²) >= 11 is 0. The number of hydrogen-bond donors (Lipinski definition) is 3. The van der Waals surface area contributed by atoms with E-state index in [1.165, 1.54) is 25.7 Å². The van der Waals surface area contributed by atoms with Crippen molar-refractivity contribution in [1.29, 1.82) is 0 Å². The van der Waals surface area contributed by atoms with E-state index >= 15 is 0 Å². The molecular formula is C13H16N4O2. The van der Waals surface area contributed by atoms with Gasteiger partial charge in [0.05, 0.1) is 0 Å². The number of nitrogens with one attached hydrogen (secondary N) is 3. The molecule has 2 heterocycles. The second-order valence-corrected chi connectivity index (χ2v) is 5.95. The average molecular weight is 260 g/mol. The largest absolute Gasteiger partial charge is 0.336 e. The number of hydrogen-bond acceptors (Lipinski definition) is 3. The van der Waals surface area contributed by atoms with Crippen molar-refractivity contribution in [1.82, 2.24) is 19.9 Å². The van der Waals surface area contributed by atoms with E-state index in [4.69, 9.17) is 0 Å². The molecule has 2 saturated carbocycles. The highest BCUT2D eigenvalue weighted by molar-refractivity contribution is 5.68. The number of aromatic amines is 3. The van der Waals surface area contributed by atoms with Crippen molar-refractivity contribution in [3.8, 4) is 0 Å². The lowest BCUT2D eigenvalue weighted by molar-refractivity contribution is 0.327. The van der Waals surface area contributed by atoms with Crippen LogP contribution in [-0.2, 0) is 6.42 Å². The Labute approximate surface area is 108 Å². The van der Waals surface area contributed by atoms with Crippen LogP contribution in [0.3, 0.4) is 0 Å². The molecule has 19 heavy (non-hydrogen) atoms. The summed E-state index contributed by atoms with van der Waals surface area (Å²) in [5.41, 5.74) is -0.162. The van der Waals surface area contributed by atoms with E-state index in [1.54, 1.807) is 0 Å². The topological polar surface area (TPSA) is 94.4 Å². The molecule has 2 aliphatic rings. The van der Waals surface area contributed by atoms with Gasteiger partial charge in [-0.15, -0.1) is 0 Å². The summed E-state index contributed by atoms with van der Waals surface area (Å²) in [4.78, 5) is 35.0. The molecule has 100 valence electrons. The lowest BCUT2D eigenvalue weighted by Crippen LogP contribution is -2.21. The van der Waals surface area contributed by atoms with Crippen LogP contribution in [0.25, 0.3) is 11.2 Å². The first-order valence-electron chi connectivity index (χ1n) is 6.90. The Balaban J connectivity index is 1.67. The Morgan fingerprint density at radius 3 is 2.74 bits per heavy atom. The van der Waals surface area contributed by atoms with E-state index in [1.807, 2.05) is 0 Å². The Bertz CT molecular complexity index is 741. The third kappa shape index (κ3) is 1.74. The quantitative estimate of drug-likeness (QED) is 0.749. The summed E-state index contributed by atoms with van der Waals surface area (Å²) in [5.74, 6) is 3.24. The van der Waals surface area contributed by atoms with Gasteiger partial charge in [0.2, 0.25) is 0 Å². The minimum absolute atomic E-state index is 0.368. The molecule has 3 N–H and O–H groups in total. The summed E-state index contributed by atoms with van der Waals surface area (Å²) < 4.78 is 0. The average Bonchev–Trinajstić information content (AvgIpc) is 3.03. The second kappa shape index (κ2) is 3.82. The number of aromatic nitrogens is 4. The van der Waals surface area contributed by atoms with Crippen LogP contribution in [-0.4, -0.2) is 19.9 Å². The predicted molar refractivity (Wildman–Crippen MR) is 70.0 cm³/mol. The molecular weight excluding hydrogens is 244 g/mol. The highest BCUT2D eigenvalue weighted by atomic mass is 16.2. The van der Waals surface area contributed by atoms with Gasteiger partial charge in [-0.3, -0.25) is 14.8 Å². The lowest BCUT2D eigenvalue weighted by atomic mass is 9.86. The van der Waals surface area contributed by atoms with E-state index in [0.29, 0.717) is 17.1 Å². The molecule has 0 aliphatic heterocycles. The third-order valence-corrected chi connectivity index (χ3v) is 4.78. The van der Waals surface area contributed by atoms with Gasteiger partial charge in [0, 0.05) is 6.42 Å². The molecule has 2 fully saturated rings. The van der Waals surface area contributed by atoms with Crippen molar-refractivity contribution in [2.24, 2.45) is 17.8 Å². The summed E-state index contributed by atoms with van der Waals surface area (Å²) in [5, 5.41) is 0. The Kier molecular flexibility index (Phi) is 2.22. The third-order valence-electron chi connectivity index (χ3n) is 4.78. The zero-order chi connectivity index (χ0) is 13.0. The predicted octanol–water partition coefficient (Wildman–Crippen LogP) is 0.918. The molecule has 2 bridgehead atoms. The summed E-state index contributed by atoms with van der Waals surface area (Å²) in [6.45, 7) is 0. The number of nitrogens with zero attached hydrogens (tertiary/aromatic N) is 1. The summed E-state index contributed by atoms with van der Waals surface area (Å²) in [7, 11) is 0. The van der Waals surface area contributed by atoms with Crippen LogP contribution >= 0.6 is 0 Å². The van der Waals surface area contributed by atoms with Crippen LogP contribution in [0.5, 0.6) is 0 Å². The van der Waals surface area contributed by atoms with E-state index in [2.05, 4.69) is 19.9 Å². The van der Waals surface area contributed by atoms with Crippen molar-refractivity contribution in [2.45, 2.75) is 32.1 Å². The highest BCUT2D eigenvalue weighted by Gasteiger charge is 2.39. The monoisotopic (exact) mass is 260 g/mol. The van der Waals surface area contributed by atoms with Crippen molar-refractivity contribution in [3.05, 3.63) is 26.7 Å². The van der Waals surface area contributed by atoms with Crippen molar-refractivity contribution < 1.29 is 0 Å². The first-order valence-corrected chi connectivity index (χ1v) is 6.90. The lowest BCUT2D eigenvalue weighted by Gasteiger charge is -2.20. The van der Waals surface area contributed by atoms with Gasteiger partial charge in [-0.2, -0.15) is 0 Å². The number of imidazole rings is 1. The molecule has 2 aromatic rings. The first-order chi connectivity index (χ1) is 9.19. The molecule has 0 aromatic carbocycles. The molecule has 3 atom stereocenters. The Hall–Kier alpha value is -1.85. The van der Waals surface area contributed by atoms with Crippen LogP contribution < -0.4 is 11.2 Å². The number of fused-ring (bicyclic) bond motifs is 3. The highest BCUT2D eigenvalue weighted by Crippen LogP contribution is 2.49. The van der Waals surface area contributed by atoms with Gasteiger partial charge in [-0.25, -0.2) is 9.78 Å². The van der Waals surface area contributed by atoms with Crippen molar-refractivity contribution in [3.63, 3.8) is 0 Å². The Morgan fingerprint density at radius 2 is 2.00 bits per heavy atom. The minimum Gasteiger partial charge on any atom is -0.336 e. The zero-order valence-corrected chi connectivity index (χ0v) is 10.5. The molecule has 0 radical (unpaired) electrons. The fraction of sp³-hybridized carbons (Fsp3) is 0.615. The maximum Gasteiger partial charge on any atom is 0.327 e. The van der Waals surface area contributed by atoms with E-state index in [9.17, 15) is 9.59 Å². The molecule has 6 heteroatoms. The normalized spacial score (nSPS) is 29.4. The smallest absolute Gasteiger partial charge is 0.327 e. The first kappa shape index (κ1) is 11.0. The van der Waals surface area contributed by atoms with Gasteiger partial charge in [0.1, 0.15) is 11.3 Å². The molecule has 3 unspecified atom stereocenters. The van der Waals surface area contributed by atoms with Gasteiger partial charge in [-0.05, 0) is 37.0 Å². The van der Waals surface area contributed by atoms with Crippen LogP contribution in [0, 0.1) is 17.8 Å². The van der Waals surface area contributed by atoms with E-state index in [-0.39, 0.29) is 0 Å². The van der Waals surface area contributed by atoms with E-state index < -0.39 is 11.2 Å². The molecule has 2 aliphatic carbocycles. The van der Waals surface area contributed by atoms with Crippen molar-refractivity contribution in [2.75, 3.05) is 0 Å². The van der Waals surface area contributed by atoms with Crippen LogP contribution in [0.2, 0.25) is 0 Å². The van der Waals surface area contributed by atoms with Crippen LogP contribution in [0.4, 0.5) is 0 Å².